The van der Waals surface area contributed by atoms with E-state index in [0.29, 0.717) is 24.3 Å². The molecule has 0 saturated carbocycles. The van der Waals surface area contributed by atoms with Crippen LogP contribution in [0.3, 0.4) is 0 Å². The molecule has 0 bridgehead atoms. The van der Waals surface area contributed by atoms with Gasteiger partial charge in [-0.2, -0.15) is 0 Å². The first kappa shape index (κ1) is 16.4. The van der Waals surface area contributed by atoms with Crippen molar-refractivity contribution in [2.75, 3.05) is 6.61 Å². The molecule has 0 unspecified atom stereocenters. The van der Waals surface area contributed by atoms with Crippen LogP contribution in [0.4, 0.5) is 0 Å². The number of unbranched alkanes of at least 4 members (excludes halogenated alkanes) is 1. The van der Waals surface area contributed by atoms with E-state index in [-0.39, 0.29) is 5.91 Å². The average Bonchev–Trinajstić information content (AvgIpc) is 2.47. The first-order chi connectivity index (χ1) is 10.5. The molecule has 0 radical (unpaired) electrons. The number of benzene rings is 1. The predicted molar refractivity (Wildman–Crippen MR) is 81.5 cm³/mol. The fourth-order valence-corrected chi connectivity index (χ4v) is 2.36. The maximum absolute atomic E-state index is 12.1. The van der Waals surface area contributed by atoms with Crippen LogP contribution in [-0.4, -0.2) is 36.6 Å². The zero-order valence-electron chi connectivity index (χ0n) is 12.8. The number of rotatable bonds is 5. The van der Waals surface area contributed by atoms with Gasteiger partial charge in [-0.15, -0.1) is 0 Å². The second-order valence-electron chi connectivity index (χ2n) is 5.30. The molecule has 0 saturated heterocycles. The molecule has 1 aliphatic heterocycles. The van der Waals surface area contributed by atoms with Crippen LogP contribution in [0, 0.1) is 0 Å². The molecule has 1 atom stereocenters. The zero-order valence-corrected chi connectivity index (χ0v) is 12.8. The smallest absolute Gasteiger partial charge is 0.534 e. The van der Waals surface area contributed by atoms with E-state index in [2.05, 4.69) is 5.32 Å². The molecule has 1 aromatic carbocycles. The van der Waals surface area contributed by atoms with Crippen LogP contribution in [0.15, 0.2) is 18.2 Å². The average molecular weight is 305 g/mol. The van der Waals surface area contributed by atoms with Gasteiger partial charge in [0, 0.05) is 6.92 Å². The number of esters is 1. The summed E-state index contributed by atoms with van der Waals surface area (Å²) in [4.78, 5) is 23.2. The first-order valence-corrected chi connectivity index (χ1v) is 7.43. The van der Waals surface area contributed by atoms with Crippen LogP contribution in [0.25, 0.3) is 0 Å². The normalized spacial score (nSPS) is 16.5. The van der Waals surface area contributed by atoms with Crippen LogP contribution >= 0.6 is 0 Å². The number of amides is 1. The number of carbonyl (C=O) groups is 2. The van der Waals surface area contributed by atoms with E-state index in [1.165, 1.54) is 6.92 Å². The molecule has 2 N–H and O–H groups in total. The third-order valence-electron chi connectivity index (χ3n) is 3.46. The molecule has 22 heavy (non-hydrogen) atoms. The SMILES string of the molecule is CCCCOC(=O)c1cccc2c1OB(O)[C@@H](NC(C)=O)C2. The van der Waals surface area contributed by atoms with Crippen molar-refractivity contribution in [3.05, 3.63) is 29.3 Å². The Morgan fingerprint density at radius 3 is 2.95 bits per heavy atom. The Morgan fingerprint density at radius 1 is 1.50 bits per heavy atom. The lowest BCUT2D eigenvalue weighted by molar-refractivity contribution is -0.119. The molecule has 118 valence electrons. The molecule has 1 amide bonds. The topological polar surface area (TPSA) is 84.9 Å². The van der Waals surface area contributed by atoms with Gasteiger partial charge >= 0.3 is 13.1 Å². The van der Waals surface area contributed by atoms with Crippen molar-refractivity contribution in [2.45, 2.75) is 39.1 Å². The van der Waals surface area contributed by atoms with Gasteiger partial charge in [0.1, 0.15) is 11.3 Å². The number of ether oxygens (including phenoxy) is 1. The van der Waals surface area contributed by atoms with Crippen molar-refractivity contribution in [3.63, 3.8) is 0 Å². The number of para-hydroxylation sites is 1. The molecule has 0 spiro atoms. The minimum atomic E-state index is -1.19. The van der Waals surface area contributed by atoms with E-state index < -0.39 is 19.0 Å². The third-order valence-corrected chi connectivity index (χ3v) is 3.46. The largest absolute Gasteiger partial charge is 0.547 e. The molecule has 2 rings (SSSR count). The highest BCUT2D eigenvalue weighted by molar-refractivity contribution is 6.47. The van der Waals surface area contributed by atoms with Gasteiger partial charge in [-0.05, 0) is 24.5 Å². The van der Waals surface area contributed by atoms with E-state index in [1.54, 1.807) is 18.2 Å². The highest BCUT2D eigenvalue weighted by Gasteiger charge is 2.37. The Labute approximate surface area is 129 Å². The number of carbonyl (C=O) groups excluding carboxylic acids is 2. The van der Waals surface area contributed by atoms with Crippen LogP contribution < -0.4 is 9.97 Å². The molecule has 0 aromatic heterocycles. The number of hydrogen-bond acceptors (Lipinski definition) is 5. The van der Waals surface area contributed by atoms with Crippen LogP contribution in [0.1, 0.15) is 42.6 Å². The third kappa shape index (κ3) is 3.79. The highest BCUT2D eigenvalue weighted by atomic mass is 16.5. The minimum absolute atomic E-state index is 0.244. The molecule has 1 aromatic rings. The van der Waals surface area contributed by atoms with Gasteiger partial charge in [0.25, 0.3) is 0 Å². The fourth-order valence-electron chi connectivity index (χ4n) is 2.36. The van der Waals surface area contributed by atoms with E-state index in [9.17, 15) is 14.6 Å². The predicted octanol–water partition coefficient (Wildman–Crippen LogP) is 1.10. The summed E-state index contributed by atoms with van der Waals surface area (Å²) < 4.78 is 10.6. The summed E-state index contributed by atoms with van der Waals surface area (Å²) >= 11 is 0. The number of nitrogens with one attached hydrogen (secondary N) is 1. The molecule has 1 heterocycles. The molecule has 0 aliphatic carbocycles. The van der Waals surface area contributed by atoms with Gasteiger partial charge in [-0.3, -0.25) is 4.79 Å². The monoisotopic (exact) mass is 305 g/mol. The number of hydrogen-bond donors (Lipinski definition) is 2. The van der Waals surface area contributed by atoms with Gasteiger partial charge < -0.3 is 19.7 Å². The van der Waals surface area contributed by atoms with E-state index in [1.807, 2.05) is 6.92 Å². The van der Waals surface area contributed by atoms with Gasteiger partial charge in [0.05, 0.1) is 12.5 Å². The molecule has 1 aliphatic rings. The maximum Gasteiger partial charge on any atom is 0.547 e. The summed E-state index contributed by atoms with van der Waals surface area (Å²) in [6.45, 7) is 3.75. The standard InChI is InChI=1S/C15H20BNO5/c1-3-4-8-21-15(19)12-7-5-6-11-9-13(17-10(2)18)16(20)22-14(11)12/h5-7,13,20H,3-4,8-9H2,1-2H3,(H,17,18)/t13-/m0/s1. The van der Waals surface area contributed by atoms with Crippen molar-refractivity contribution < 1.29 is 24.0 Å². The highest BCUT2D eigenvalue weighted by Crippen LogP contribution is 2.30. The van der Waals surface area contributed by atoms with Crippen molar-refractivity contribution in [2.24, 2.45) is 0 Å². The van der Waals surface area contributed by atoms with E-state index in [4.69, 9.17) is 9.39 Å². The van der Waals surface area contributed by atoms with Crippen LogP contribution in [0.5, 0.6) is 5.75 Å². The van der Waals surface area contributed by atoms with Gasteiger partial charge in [0.2, 0.25) is 5.91 Å². The van der Waals surface area contributed by atoms with Gasteiger partial charge in [0.15, 0.2) is 0 Å². The summed E-state index contributed by atoms with van der Waals surface area (Å²) in [7, 11) is -1.19. The van der Waals surface area contributed by atoms with Crippen molar-refractivity contribution in [1.82, 2.24) is 5.32 Å². The second-order valence-corrected chi connectivity index (χ2v) is 5.30. The summed E-state index contributed by atoms with van der Waals surface area (Å²) in [5.74, 6) is -0.906. The van der Waals surface area contributed by atoms with Crippen molar-refractivity contribution in [1.29, 1.82) is 0 Å². The number of fused-ring (bicyclic) bond motifs is 1. The van der Waals surface area contributed by atoms with Gasteiger partial charge in [-0.1, -0.05) is 25.5 Å². The van der Waals surface area contributed by atoms with E-state index >= 15 is 0 Å². The summed E-state index contributed by atoms with van der Waals surface area (Å²) in [6.07, 6.45) is 2.13. The Kier molecular flexibility index (Phi) is 5.43. The van der Waals surface area contributed by atoms with Crippen LogP contribution in [0.2, 0.25) is 0 Å². The summed E-state index contributed by atoms with van der Waals surface area (Å²) in [6, 6.07) is 5.15. The zero-order chi connectivity index (χ0) is 16.1. The molecule has 0 fully saturated rings. The minimum Gasteiger partial charge on any atom is -0.534 e. The first-order valence-electron chi connectivity index (χ1n) is 7.43. The lowest BCUT2D eigenvalue weighted by Gasteiger charge is -2.28. The van der Waals surface area contributed by atoms with Gasteiger partial charge in [-0.25, -0.2) is 4.79 Å². The van der Waals surface area contributed by atoms with Crippen molar-refractivity contribution >= 4 is 19.0 Å². The Morgan fingerprint density at radius 2 is 2.27 bits per heavy atom. The summed E-state index contributed by atoms with van der Waals surface area (Å²) in [5.41, 5.74) is 1.06. The maximum atomic E-state index is 12.1. The molecule has 7 heteroatoms. The molecular formula is C15H20BNO5. The molecular weight excluding hydrogens is 285 g/mol. The lowest BCUT2D eigenvalue weighted by atomic mass is 9.72. The Balaban J connectivity index is 2.17. The Hall–Kier alpha value is -2.02. The molecule has 6 nitrogen and oxygen atoms in total. The lowest BCUT2D eigenvalue weighted by Crippen LogP contribution is -2.52. The summed E-state index contributed by atoms with van der Waals surface area (Å²) in [5, 5.41) is 12.6. The fraction of sp³-hybridized carbons (Fsp3) is 0.467. The van der Waals surface area contributed by atoms with Crippen LogP contribution in [-0.2, 0) is 16.0 Å². The Bertz CT molecular complexity index is 563. The quantitative estimate of drug-likeness (QED) is 0.483. The van der Waals surface area contributed by atoms with Crippen molar-refractivity contribution in [3.8, 4) is 5.75 Å². The van der Waals surface area contributed by atoms with E-state index in [0.717, 1.165) is 18.4 Å². The second kappa shape index (κ2) is 7.31.